The van der Waals surface area contributed by atoms with Gasteiger partial charge in [0.2, 0.25) is 5.91 Å². The van der Waals surface area contributed by atoms with Crippen molar-refractivity contribution in [2.75, 3.05) is 31.1 Å². The molecular weight excluding hydrogens is 312 g/mol. The largest absolute Gasteiger partial charge is 0.352 e. The van der Waals surface area contributed by atoms with E-state index in [-0.39, 0.29) is 5.91 Å². The van der Waals surface area contributed by atoms with Gasteiger partial charge >= 0.3 is 0 Å². The van der Waals surface area contributed by atoms with E-state index >= 15 is 0 Å². The molecule has 0 unspecified atom stereocenters. The zero-order valence-corrected chi connectivity index (χ0v) is 14.2. The van der Waals surface area contributed by atoms with Gasteiger partial charge in [-0.1, -0.05) is 30.3 Å². The molecule has 2 heterocycles. The van der Waals surface area contributed by atoms with Gasteiger partial charge in [-0.3, -0.25) is 4.79 Å². The molecule has 5 nitrogen and oxygen atoms in total. The second-order valence-electron chi connectivity index (χ2n) is 6.65. The van der Waals surface area contributed by atoms with Crippen LogP contribution >= 0.6 is 0 Å². The van der Waals surface area contributed by atoms with E-state index in [1.165, 1.54) is 12.8 Å². The maximum atomic E-state index is 12.3. The van der Waals surface area contributed by atoms with Crippen LogP contribution in [0.25, 0.3) is 6.08 Å². The van der Waals surface area contributed by atoms with E-state index in [1.54, 1.807) is 6.08 Å². The first-order valence-corrected chi connectivity index (χ1v) is 8.90. The smallest absolute Gasteiger partial charge is 0.246 e. The zero-order chi connectivity index (χ0) is 17.1. The van der Waals surface area contributed by atoms with Crippen molar-refractivity contribution in [2.24, 2.45) is 0 Å². The van der Waals surface area contributed by atoms with Gasteiger partial charge in [0.1, 0.15) is 0 Å². The second-order valence-corrected chi connectivity index (χ2v) is 6.65. The maximum absolute atomic E-state index is 12.3. The standard InChI is InChI=1S/C20H22N4O/c25-20(11-6-16-4-2-1-3-5-16)24-14-12-23(13-15-24)19-10-9-18(21-22-19)17-7-8-17/h1-6,9-11,17H,7-8,12-15H2/b11-6+. The third-order valence-corrected chi connectivity index (χ3v) is 4.80. The Balaban J connectivity index is 1.31. The molecular formula is C20H22N4O. The van der Waals surface area contributed by atoms with Crippen molar-refractivity contribution in [3.8, 4) is 0 Å². The Morgan fingerprint density at radius 3 is 2.36 bits per heavy atom. The minimum atomic E-state index is 0.0682. The van der Waals surface area contributed by atoms with Crippen LogP contribution < -0.4 is 4.90 Å². The maximum Gasteiger partial charge on any atom is 0.246 e. The summed E-state index contributed by atoms with van der Waals surface area (Å²) in [4.78, 5) is 16.4. The molecule has 2 aromatic rings. The van der Waals surface area contributed by atoms with E-state index < -0.39 is 0 Å². The molecule has 4 rings (SSSR count). The number of anilines is 1. The Morgan fingerprint density at radius 2 is 1.72 bits per heavy atom. The van der Waals surface area contributed by atoms with E-state index in [4.69, 9.17) is 0 Å². The summed E-state index contributed by atoms with van der Waals surface area (Å²) in [6.07, 6.45) is 6.02. The quantitative estimate of drug-likeness (QED) is 0.807. The molecule has 2 fully saturated rings. The molecule has 0 spiro atoms. The van der Waals surface area contributed by atoms with Gasteiger partial charge in [0, 0.05) is 38.2 Å². The summed E-state index contributed by atoms with van der Waals surface area (Å²) in [6, 6.07) is 14.1. The van der Waals surface area contributed by atoms with Crippen LogP contribution in [-0.2, 0) is 4.79 Å². The van der Waals surface area contributed by atoms with Crippen molar-refractivity contribution < 1.29 is 4.79 Å². The summed E-state index contributed by atoms with van der Waals surface area (Å²) in [6.45, 7) is 3.01. The number of hydrogen-bond donors (Lipinski definition) is 0. The summed E-state index contributed by atoms with van der Waals surface area (Å²) >= 11 is 0. The number of hydrogen-bond acceptors (Lipinski definition) is 4. The molecule has 1 aliphatic carbocycles. The highest BCUT2D eigenvalue weighted by Gasteiger charge is 2.26. The number of benzene rings is 1. The monoisotopic (exact) mass is 334 g/mol. The summed E-state index contributed by atoms with van der Waals surface area (Å²) in [5.41, 5.74) is 2.16. The van der Waals surface area contributed by atoms with E-state index in [0.717, 1.165) is 30.2 Å². The molecule has 0 atom stereocenters. The fourth-order valence-corrected chi connectivity index (χ4v) is 3.09. The molecule has 1 amide bonds. The molecule has 0 radical (unpaired) electrons. The van der Waals surface area contributed by atoms with E-state index in [1.807, 2.05) is 41.3 Å². The molecule has 128 valence electrons. The average molecular weight is 334 g/mol. The first-order valence-electron chi connectivity index (χ1n) is 8.90. The molecule has 0 N–H and O–H groups in total. The molecule has 25 heavy (non-hydrogen) atoms. The normalized spacial score (nSPS) is 17.9. The lowest BCUT2D eigenvalue weighted by molar-refractivity contribution is -0.126. The SMILES string of the molecule is O=C(/C=C/c1ccccc1)N1CCN(c2ccc(C3CC3)nn2)CC1. The lowest BCUT2D eigenvalue weighted by atomic mass is 10.2. The van der Waals surface area contributed by atoms with Gasteiger partial charge in [0.15, 0.2) is 5.82 Å². The van der Waals surface area contributed by atoms with E-state index in [2.05, 4.69) is 27.2 Å². The van der Waals surface area contributed by atoms with Crippen LogP contribution in [0.5, 0.6) is 0 Å². The first kappa shape index (κ1) is 15.8. The van der Waals surface area contributed by atoms with Crippen molar-refractivity contribution in [3.05, 3.63) is 59.8 Å². The molecule has 1 aliphatic heterocycles. The summed E-state index contributed by atoms with van der Waals surface area (Å²) in [5, 5.41) is 8.72. The van der Waals surface area contributed by atoms with Crippen LogP contribution in [0.4, 0.5) is 5.82 Å². The number of carbonyl (C=O) groups is 1. The highest BCUT2D eigenvalue weighted by molar-refractivity contribution is 5.91. The molecule has 2 aliphatic rings. The van der Waals surface area contributed by atoms with Gasteiger partial charge in [-0.25, -0.2) is 0 Å². The van der Waals surface area contributed by atoms with Crippen LogP contribution in [0, 0.1) is 0 Å². The first-order chi connectivity index (χ1) is 12.3. The molecule has 1 saturated carbocycles. The molecule has 1 saturated heterocycles. The van der Waals surface area contributed by atoms with Crippen LogP contribution in [0.15, 0.2) is 48.5 Å². The van der Waals surface area contributed by atoms with Gasteiger partial charge < -0.3 is 9.80 Å². The van der Waals surface area contributed by atoms with Gasteiger partial charge in [0.25, 0.3) is 0 Å². The number of piperazine rings is 1. The summed E-state index contributed by atoms with van der Waals surface area (Å²) < 4.78 is 0. The van der Waals surface area contributed by atoms with Gasteiger partial charge in [0.05, 0.1) is 5.69 Å². The predicted molar refractivity (Wildman–Crippen MR) is 98.3 cm³/mol. The van der Waals surface area contributed by atoms with Crippen LogP contribution in [0.2, 0.25) is 0 Å². The third-order valence-electron chi connectivity index (χ3n) is 4.80. The Hall–Kier alpha value is -2.69. The lowest BCUT2D eigenvalue weighted by Gasteiger charge is -2.34. The highest BCUT2D eigenvalue weighted by Crippen LogP contribution is 2.38. The van der Waals surface area contributed by atoms with E-state index in [0.29, 0.717) is 19.0 Å². The Labute approximate surface area is 148 Å². The fraction of sp³-hybridized carbons (Fsp3) is 0.350. The molecule has 1 aromatic carbocycles. The fourth-order valence-electron chi connectivity index (χ4n) is 3.09. The molecule has 1 aromatic heterocycles. The summed E-state index contributed by atoms with van der Waals surface area (Å²) in [5.74, 6) is 1.61. The van der Waals surface area contributed by atoms with Crippen molar-refractivity contribution >= 4 is 17.8 Å². The predicted octanol–water partition coefficient (Wildman–Crippen LogP) is 2.72. The van der Waals surface area contributed by atoms with Crippen molar-refractivity contribution in [3.63, 3.8) is 0 Å². The number of carbonyl (C=O) groups excluding carboxylic acids is 1. The Bertz CT molecular complexity index is 745. The highest BCUT2D eigenvalue weighted by atomic mass is 16.2. The van der Waals surface area contributed by atoms with Crippen LogP contribution in [0.1, 0.15) is 30.0 Å². The van der Waals surface area contributed by atoms with Crippen molar-refractivity contribution in [1.82, 2.24) is 15.1 Å². The van der Waals surface area contributed by atoms with Gasteiger partial charge in [-0.2, -0.15) is 5.10 Å². The zero-order valence-electron chi connectivity index (χ0n) is 14.2. The van der Waals surface area contributed by atoms with Gasteiger partial charge in [-0.15, -0.1) is 5.10 Å². The number of nitrogens with zero attached hydrogens (tertiary/aromatic N) is 4. The number of amides is 1. The third kappa shape index (κ3) is 3.87. The Morgan fingerprint density at radius 1 is 0.960 bits per heavy atom. The molecule has 5 heteroatoms. The van der Waals surface area contributed by atoms with Crippen molar-refractivity contribution in [1.29, 1.82) is 0 Å². The van der Waals surface area contributed by atoms with Crippen LogP contribution in [-0.4, -0.2) is 47.2 Å². The van der Waals surface area contributed by atoms with Gasteiger partial charge in [-0.05, 0) is 36.6 Å². The number of aromatic nitrogens is 2. The minimum Gasteiger partial charge on any atom is -0.352 e. The molecule has 0 bridgehead atoms. The minimum absolute atomic E-state index is 0.0682. The van der Waals surface area contributed by atoms with Crippen molar-refractivity contribution in [2.45, 2.75) is 18.8 Å². The average Bonchev–Trinajstić information content (AvgIpc) is 3.53. The topological polar surface area (TPSA) is 49.3 Å². The summed E-state index contributed by atoms with van der Waals surface area (Å²) in [7, 11) is 0. The second kappa shape index (κ2) is 7.05. The Kier molecular flexibility index (Phi) is 4.46. The lowest BCUT2D eigenvalue weighted by Crippen LogP contribution is -2.48. The number of rotatable bonds is 4. The van der Waals surface area contributed by atoms with Crippen LogP contribution in [0.3, 0.4) is 0 Å². The van der Waals surface area contributed by atoms with E-state index in [9.17, 15) is 4.79 Å².